The predicted molar refractivity (Wildman–Crippen MR) is 78.9 cm³/mol. The summed E-state index contributed by atoms with van der Waals surface area (Å²) >= 11 is 0. The van der Waals surface area contributed by atoms with Gasteiger partial charge in [0.25, 0.3) is 0 Å². The highest BCUT2D eigenvalue weighted by atomic mass is 16.4. The first-order valence-corrected chi connectivity index (χ1v) is 8.19. The number of rotatable bonds is 6. The quantitative estimate of drug-likeness (QED) is 0.679. The molecule has 0 atom stereocenters. The fourth-order valence-electron chi connectivity index (χ4n) is 5.33. The third-order valence-corrected chi connectivity index (χ3v) is 5.58. The van der Waals surface area contributed by atoms with Crippen LogP contribution in [0.2, 0.25) is 0 Å². The van der Waals surface area contributed by atoms with Gasteiger partial charge in [0.15, 0.2) is 0 Å². The first-order valence-electron chi connectivity index (χ1n) is 8.19. The molecule has 4 bridgehead atoms. The van der Waals surface area contributed by atoms with Crippen LogP contribution in [0.5, 0.6) is 0 Å². The molecule has 0 heterocycles. The number of hydrogen-bond acceptors (Lipinski definition) is 3. The predicted octanol–water partition coefficient (Wildman–Crippen LogP) is 0.910. The fraction of sp³-hybridized carbons (Fsp3) is 0.812. The average Bonchev–Trinajstić information content (AvgIpc) is 2.40. The monoisotopic (exact) mass is 308 g/mol. The SMILES string of the molecule is O=C(O)CNC(=O)CNC(=O)CC12CC3CC(CC(C3)C1)C2. The fourth-order valence-corrected chi connectivity index (χ4v) is 5.33. The van der Waals surface area contributed by atoms with Gasteiger partial charge >= 0.3 is 5.97 Å². The van der Waals surface area contributed by atoms with Gasteiger partial charge in [0.2, 0.25) is 11.8 Å². The van der Waals surface area contributed by atoms with Gasteiger partial charge < -0.3 is 15.7 Å². The smallest absolute Gasteiger partial charge is 0.322 e. The summed E-state index contributed by atoms with van der Waals surface area (Å²) in [6, 6.07) is 0. The van der Waals surface area contributed by atoms with Crippen molar-refractivity contribution in [3.8, 4) is 0 Å². The molecule has 22 heavy (non-hydrogen) atoms. The Kier molecular flexibility index (Phi) is 4.10. The van der Waals surface area contributed by atoms with Crippen LogP contribution >= 0.6 is 0 Å². The zero-order valence-corrected chi connectivity index (χ0v) is 12.8. The van der Waals surface area contributed by atoms with E-state index in [0.29, 0.717) is 6.42 Å². The van der Waals surface area contributed by atoms with Gasteiger partial charge in [-0.15, -0.1) is 0 Å². The van der Waals surface area contributed by atoms with Gasteiger partial charge in [0, 0.05) is 6.42 Å². The van der Waals surface area contributed by atoms with E-state index in [2.05, 4.69) is 10.6 Å². The Balaban J connectivity index is 1.46. The topological polar surface area (TPSA) is 95.5 Å². The van der Waals surface area contributed by atoms with E-state index in [-0.39, 0.29) is 17.9 Å². The van der Waals surface area contributed by atoms with Crippen molar-refractivity contribution in [2.75, 3.05) is 13.1 Å². The summed E-state index contributed by atoms with van der Waals surface area (Å²) in [4.78, 5) is 33.9. The van der Waals surface area contributed by atoms with Gasteiger partial charge in [0.1, 0.15) is 6.54 Å². The maximum absolute atomic E-state index is 12.2. The number of nitrogens with one attached hydrogen (secondary N) is 2. The van der Waals surface area contributed by atoms with Crippen LogP contribution in [0.3, 0.4) is 0 Å². The largest absolute Gasteiger partial charge is 0.480 e. The molecule has 4 aliphatic carbocycles. The molecule has 6 nitrogen and oxygen atoms in total. The van der Waals surface area contributed by atoms with Crippen LogP contribution in [0.4, 0.5) is 0 Å². The van der Waals surface area contributed by atoms with Crippen molar-refractivity contribution >= 4 is 17.8 Å². The summed E-state index contributed by atoms with van der Waals surface area (Å²) < 4.78 is 0. The molecule has 4 fully saturated rings. The molecule has 0 spiro atoms. The molecular weight excluding hydrogens is 284 g/mol. The lowest BCUT2D eigenvalue weighted by Crippen LogP contribution is -2.48. The molecule has 0 aromatic heterocycles. The van der Waals surface area contributed by atoms with Crippen molar-refractivity contribution in [3.63, 3.8) is 0 Å². The van der Waals surface area contributed by atoms with Crippen LogP contribution in [0.1, 0.15) is 44.9 Å². The minimum Gasteiger partial charge on any atom is -0.480 e. The van der Waals surface area contributed by atoms with Crippen molar-refractivity contribution in [3.05, 3.63) is 0 Å². The summed E-state index contributed by atoms with van der Waals surface area (Å²) in [7, 11) is 0. The first kappa shape index (κ1) is 15.3. The Labute approximate surface area is 130 Å². The molecule has 0 aromatic carbocycles. The Morgan fingerprint density at radius 2 is 1.36 bits per heavy atom. The Morgan fingerprint density at radius 3 is 1.86 bits per heavy atom. The highest BCUT2D eigenvalue weighted by Gasteiger charge is 2.51. The van der Waals surface area contributed by atoms with Crippen LogP contribution in [0.15, 0.2) is 0 Å². The average molecular weight is 308 g/mol. The van der Waals surface area contributed by atoms with Gasteiger partial charge in [-0.05, 0) is 61.7 Å². The van der Waals surface area contributed by atoms with Crippen LogP contribution in [-0.4, -0.2) is 36.0 Å². The highest BCUT2D eigenvalue weighted by Crippen LogP contribution is 2.61. The molecule has 2 amide bonds. The normalized spacial score (nSPS) is 35.2. The number of amides is 2. The third kappa shape index (κ3) is 3.42. The van der Waals surface area contributed by atoms with E-state index in [4.69, 9.17) is 5.11 Å². The molecule has 4 aliphatic rings. The highest BCUT2D eigenvalue weighted by molar-refractivity contribution is 5.86. The van der Waals surface area contributed by atoms with E-state index in [9.17, 15) is 14.4 Å². The molecule has 0 aliphatic heterocycles. The van der Waals surface area contributed by atoms with Crippen molar-refractivity contribution in [2.24, 2.45) is 23.2 Å². The van der Waals surface area contributed by atoms with Gasteiger partial charge in [-0.3, -0.25) is 14.4 Å². The van der Waals surface area contributed by atoms with Gasteiger partial charge in [-0.25, -0.2) is 0 Å². The van der Waals surface area contributed by atoms with E-state index in [1.807, 2.05) is 0 Å². The maximum Gasteiger partial charge on any atom is 0.322 e. The van der Waals surface area contributed by atoms with Crippen LogP contribution in [-0.2, 0) is 14.4 Å². The van der Waals surface area contributed by atoms with E-state index >= 15 is 0 Å². The molecular formula is C16H24N2O4. The molecule has 0 saturated heterocycles. The molecule has 122 valence electrons. The number of hydrogen-bond donors (Lipinski definition) is 3. The number of carbonyl (C=O) groups is 3. The summed E-state index contributed by atoms with van der Waals surface area (Å²) in [6.45, 7) is -0.553. The number of aliphatic carboxylic acids is 1. The van der Waals surface area contributed by atoms with Crippen molar-refractivity contribution in [1.29, 1.82) is 0 Å². The van der Waals surface area contributed by atoms with Crippen LogP contribution < -0.4 is 10.6 Å². The zero-order valence-electron chi connectivity index (χ0n) is 12.8. The molecule has 0 unspecified atom stereocenters. The van der Waals surface area contributed by atoms with Crippen LogP contribution in [0, 0.1) is 23.2 Å². The minimum absolute atomic E-state index is 0.0765. The lowest BCUT2D eigenvalue weighted by atomic mass is 9.49. The molecule has 4 saturated carbocycles. The maximum atomic E-state index is 12.2. The van der Waals surface area contributed by atoms with E-state index in [0.717, 1.165) is 17.8 Å². The molecule has 0 radical (unpaired) electrons. The number of carboxylic acids is 1. The Morgan fingerprint density at radius 1 is 0.864 bits per heavy atom. The summed E-state index contributed by atoms with van der Waals surface area (Å²) in [5, 5.41) is 13.4. The molecule has 0 aromatic rings. The minimum atomic E-state index is -1.09. The lowest BCUT2D eigenvalue weighted by molar-refractivity contribution is -0.137. The van der Waals surface area contributed by atoms with Gasteiger partial charge in [-0.2, -0.15) is 0 Å². The van der Waals surface area contributed by atoms with E-state index < -0.39 is 18.4 Å². The van der Waals surface area contributed by atoms with Gasteiger partial charge in [-0.1, -0.05) is 0 Å². The lowest BCUT2D eigenvalue weighted by Gasteiger charge is -2.56. The number of carbonyl (C=O) groups excluding carboxylic acids is 2. The van der Waals surface area contributed by atoms with Crippen molar-refractivity contribution in [2.45, 2.75) is 44.9 Å². The Hall–Kier alpha value is -1.59. The zero-order chi connectivity index (χ0) is 15.7. The van der Waals surface area contributed by atoms with E-state index in [1.54, 1.807) is 0 Å². The van der Waals surface area contributed by atoms with Crippen molar-refractivity contribution in [1.82, 2.24) is 10.6 Å². The molecule has 4 rings (SSSR count). The first-order chi connectivity index (χ1) is 10.4. The van der Waals surface area contributed by atoms with Crippen molar-refractivity contribution < 1.29 is 19.5 Å². The Bertz CT molecular complexity index is 453. The molecule has 6 heteroatoms. The summed E-state index contributed by atoms with van der Waals surface area (Å²) in [5.74, 6) is 0.788. The third-order valence-electron chi connectivity index (χ3n) is 5.58. The number of carboxylic acid groups (broad SMARTS) is 1. The second kappa shape index (κ2) is 5.89. The second-order valence-corrected chi connectivity index (χ2v) is 7.54. The summed E-state index contributed by atoms with van der Waals surface area (Å²) in [5.41, 5.74) is 0.163. The standard InChI is InChI=1S/C16H24N2O4/c19-13(17-8-14(20)18-9-15(21)22)7-16-4-10-1-11(5-16)3-12(2-10)6-16/h10-12H,1-9H2,(H,17,19)(H,18,20)(H,21,22). The van der Waals surface area contributed by atoms with E-state index in [1.165, 1.54) is 38.5 Å². The van der Waals surface area contributed by atoms with Gasteiger partial charge in [0.05, 0.1) is 6.54 Å². The van der Waals surface area contributed by atoms with Crippen LogP contribution in [0.25, 0.3) is 0 Å². The molecule has 3 N–H and O–H groups in total. The summed E-state index contributed by atoms with van der Waals surface area (Å²) in [6.07, 6.45) is 8.05. The second-order valence-electron chi connectivity index (χ2n) is 7.54.